The number of aliphatic carboxylic acids is 1. The molecule has 2 rings (SSSR count). The molecule has 116 valence electrons. The Morgan fingerprint density at radius 1 is 1.50 bits per heavy atom. The summed E-state index contributed by atoms with van der Waals surface area (Å²) in [4.78, 5) is 19.1. The number of carboxylic acid groups (broad SMARTS) is 1. The summed E-state index contributed by atoms with van der Waals surface area (Å²) in [6.07, 6.45) is 2.40. The second-order valence-electron chi connectivity index (χ2n) is 4.55. The Balaban J connectivity index is 1.78. The zero-order valence-corrected chi connectivity index (χ0v) is 13.7. The van der Waals surface area contributed by atoms with Crippen molar-refractivity contribution in [2.75, 3.05) is 12.4 Å². The molecule has 0 bridgehead atoms. The summed E-state index contributed by atoms with van der Waals surface area (Å²) in [5.74, 6) is -0.238. The SMILES string of the molecule is C=C(C)c1ccc(OCCc2csc(SCC(=O)O)n2)nc1. The van der Waals surface area contributed by atoms with E-state index in [9.17, 15) is 4.79 Å². The van der Waals surface area contributed by atoms with Crippen molar-refractivity contribution < 1.29 is 14.6 Å². The Morgan fingerprint density at radius 2 is 2.32 bits per heavy atom. The van der Waals surface area contributed by atoms with Gasteiger partial charge in [0.1, 0.15) is 0 Å². The van der Waals surface area contributed by atoms with E-state index in [2.05, 4.69) is 16.5 Å². The van der Waals surface area contributed by atoms with Crippen molar-refractivity contribution in [1.29, 1.82) is 0 Å². The number of hydrogen-bond donors (Lipinski definition) is 1. The lowest BCUT2D eigenvalue weighted by Gasteiger charge is -2.05. The summed E-state index contributed by atoms with van der Waals surface area (Å²) < 4.78 is 6.34. The second kappa shape index (κ2) is 7.95. The lowest BCUT2D eigenvalue weighted by molar-refractivity contribution is -0.133. The Morgan fingerprint density at radius 3 is 2.95 bits per heavy atom. The highest BCUT2D eigenvalue weighted by Crippen LogP contribution is 2.22. The topological polar surface area (TPSA) is 72.3 Å². The number of aromatic nitrogens is 2. The first-order valence-electron chi connectivity index (χ1n) is 6.58. The predicted molar refractivity (Wildman–Crippen MR) is 88.6 cm³/mol. The molecule has 0 saturated carbocycles. The monoisotopic (exact) mass is 336 g/mol. The number of ether oxygens (including phenoxy) is 1. The molecule has 7 heteroatoms. The molecule has 5 nitrogen and oxygen atoms in total. The van der Waals surface area contributed by atoms with Gasteiger partial charge in [-0.1, -0.05) is 18.3 Å². The summed E-state index contributed by atoms with van der Waals surface area (Å²) in [6.45, 7) is 6.27. The molecule has 1 N–H and O–H groups in total. The maximum absolute atomic E-state index is 10.5. The first kappa shape index (κ1) is 16.5. The highest BCUT2D eigenvalue weighted by atomic mass is 32.2. The quantitative estimate of drug-likeness (QED) is 0.745. The predicted octanol–water partition coefficient (Wildman–Crippen LogP) is 3.37. The number of carboxylic acids is 1. The largest absolute Gasteiger partial charge is 0.481 e. The molecule has 0 aromatic carbocycles. The van der Waals surface area contributed by atoms with Gasteiger partial charge in [-0.05, 0) is 24.1 Å². The Kier molecular flexibility index (Phi) is 5.97. The van der Waals surface area contributed by atoms with Crippen molar-refractivity contribution in [3.8, 4) is 5.88 Å². The molecule has 2 aromatic heterocycles. The standard InChI is InChI=1S/C15H16N2O3S2/c1-10(2)11-3-4-13(16-7-11)20-6-5-12-8-21-15(17-12)22-9-14(18)19/h3-4,7-8H,1,5-6,9H2,2H3,(H,18,19). The number of thioether (sulfide) groups is 1. The first-order chi connectivity index (χ1) is 10.5. The van der Waals surface area contributed by atoms with Crippen molar-refractivity contribution in [3.63, 3.8) is 0 Å². The van der Waals surface area contributed by atoms with Crippen LogP contribution in [0.25, 0.3) is 5.57 Å². The van der Waals surface area contributed by atoms with Gasteiger partial charge >= 0.3 is 5.97 Å². The van der Waals surface area contributed by atoms with Gasteiger partial charge < -0.3 is 9.84 Å². The maximum atomic E-state index is 10.5. The summed E-state index contributed by atoms with van der Waals surface area (Å²) in [5, 5.41) is 10.5. The van der Waals surface area contributed by atoms with Crippen LogP contribution in [0.4, 0.5) is 0 Å². The molecule has 0 aliphatic rings. The maximum Gasteiger partial charge on any atom is 0.313 e. The zero-order chi connectivity index (χ0) is 15.9. The lowest BCUT2D eigenvalue weighted by atomic mass is 10.2. The number of carbonyl (C=O) groups is 1. The first-order valence-corrected chi connectivity index (χ1v) is 8.45. The molecular weight excluding hydrogens is 320 g/mol. The third-order valence-corrected chi connectivity index (χ3v) is 4.74. The van der Waals surface area contributed by atoms with Gasteiger partial charge in [-0.25, -0.2) is 9.97 Å². The molecule has 0 radical (unpaired) electrons. The van der Waals surface area contributed by atoms with E-state index in [0.717, 1.165) is 21.2 Å². The van der Waals surface area contributed by atoms with Gasteiger partial charge in [0.05, 0.1) is 18.1 Å². The highest BCUT2D eigenvalue weighted by Gasteiger charge is 2.06. The summed E-state index contributed by atoms with van der Waals surface area (Å²) in [7, 11) is 0. The van der Waals surface area contributed by atoms with E-state index < -0.39 is 5.97 Å². The van der Waals surface area contributed by atoms with Crippen LogP contribution in [-0.4, -0.2) is 33.4 Å². The average Bonchev–Trinajstić information content (AvgIpc) is 2.93. The Hall–Kier alpha value is -1.86. The van der Waals surface area contributed by atoms with E-state index in [1.165, 1.54) is 23.1 Å². The van der Waals surface area contributed by atoms with Gasteiger partial charge in [0, 0.05) is 24.1 Å². The van der Waals surface area contributed by atoms with Crippen molar-refractivity contribution in [2.24, 2.45) is 0 Å². The minimum absolute atomic E-state index is 0.0302. The molecule has 2 aromatic rings. The van der Waals surface area contributed by atoms with E-state index in [1.54, 1.807) is 6.20 Å². The van der Waals surface area contributed by atoms with Gasteiger partial charge in [0.15, 0.2) is 4.34 Å². The third-order valence-electron chi connectivity index (χ3n) is 2.69. The molecule has 0 atom stereocenters. The van der Waals surface area contributed by atoms with Crippen molar-refractivity contribution in [1.82, 2.24) is 9.97 Å². The molecule has 0 saturated heterocycles. The summed E-state index contributed by atoms with van der Waals surface area (Å²) in [6, 6.07) is 3.74. The van der Waals surface area contributed by atoms with Crippen LogP contribution in [0.3, 0.4) is 0 Å². The fourth-order valence-corrected chi connectivity index (χ4v) is 3.17. The number of nitrogens with zero attached hydrogens (tertiary/aromatic N) is 2. The minimum Gasteiger partial charge on any atom is -0.481 e. The lowest BCUT2D eigenvalue weighted by Crippen LogP contribution is -2.03. The van der Waals surface area contributed by atoms with Gasteiger partial charge in [0.25, 0.3) is 0 Å². The van der Waals surface area contributed by atoms with Crippen molar-refractivity contribution in [3.05, 3.63) is 41.5 Å². The Labute approximate surface area is 137 Å². The van der Waals surface area contributed by atoms with Crippen LogP contribution in [0.15, 0.2) is 34.6 Å². The van der Waals surface area contributed by atoms with Gasteiger partial charge in [-0.15, -0.1) is 11.3 Å². The fraction of sp³-hybridized carbons (Fsp3) is 0.267. The van der Waals surface area contributed by atoms with E-state index in [0.29, 0.717) is 18.9 Å². The minimum atomic E-state index is -0.839. The van der Waals surface area contributed by atoms with Gasteiger partial charge in [-0.2, -0.15) is 0 Å². The molecule has 0 fully saturated rings. The van der Waals surface area contributed by atoms with Crippen LogP contribution in [0.2, 0.25) is 0 Å². The van der Waals surface area contributed by atoms with Crippen LogP contribution < -0.4 is 4.74 Å². The summed E-state index contributed by atoms with van der Waals surface area (Å²) in [5.41, 5.74) is 2.86. The number of allylic oxidation sites excluding steroid dienone is 1. The zero-order valence-electron chi connectivity index (χ0n) is 12.1. The van der Waals surface area contributed by atoms with E-state index in [4.69, 9.17) is 9.84 Å². The van der Waals surface area contributed by atoms with Crippen LogP contribution in [-0.2, 0) is 11.2 Å². The smallest absolute Gasteiger partial charge is 0.313 e. The van der Waals surface area contributed by atoms with Crippen LogP contribution >= 0.6 is 23.1 Å². The van der Waals surface area contributed by atoms with Gasteiger partial charge in [0.2, 0.25) is 5.88 Å². The number of rotatable bonds is 8. The molecular formula is C15H16N2O3S2. The number of pyridine rings is 1. The average molecular weight is 336 g/mol. The summed E-state index contributed by atoms with van der Waals surface area (Å²) >= 11 is 2.68. The normalized spacial score (nSPS) is 10.4. The molecule has 0 unspecified atom stereocenters. The van der Waals surface area contributed by atoms with Crippen LogP contribution in [0.5, 0.6) is 5.88 Å². The molecule has 0 aliphatic heterocycles. The third kappa shape index (κ3) is 5.16. The second-order valence-corrected chi connectivity index (χ2v) is 6.63. The molecule has 0 aliphatic carbocycles. The Bertz CT molecular complexity index is 653. The number of hydrogen-bond acceptors (Lipinski definition) is 6. The molecule has 2 heterocycles. The van der Waals surface area contributed by atoms with Crippen LogP contribution in [0.1, 0.15) is 18.2 Å². The van der Waals surface area contributed by atoms with Crippen molar-refractivity contribution in [2.45, 2.75) is 17.7 Å². The van der Waals surface area contributed by atoms with E-state index in [1.807, 2.05) is 24.4 Å². The van der Waals surface area contributed by atoms with E-state index >= 15 is 0 Å². The number of thiazole rings is 1. The highest BCUT2D eigenvalue weighted by molar-refractivity contribution is 8.01. The molecule has 0 amide bonds. The van der Waals surface area contributed by atoms with Gasteiger partial charge in [-0.3, -0.25) is 4.79 Å². The van der Waals surface area contributed by atoms with E-state index in [-0.39, 0.29) is 5.75 Å². The molecule has 0 spiro atoms. The van der Waals surface area contributed by atoms with Crippen molar-refractivity contribution >= 4 is 34.6 Å². The molecule has 22 heavy (non-hydrogen) atoms. The van der Waals surface area contributed by atoms with Crippen LogP contribution in [0, 0.1) is 0 Å². The fourth-order valence-electron chi connectivity index (χ4n) is 1.57.